The molecule has 0 aromatic carbocycles. The molecule has 0 amide bonds. The number of aromatic nitrogens is 4. The third-order valence-corrected chi connectivity index (χ3v) is 6.64. The number of nitrogens with zero attached hydrogens (tertiary/aromatic N) is 7. The fourth-order valence-electron chi connectivity index (χ4n) is 4.67. The van der Waals surface area contributed by atoms with Crippen LogP contribution in [0.4, 0.5) is 11.6 Å². The number of hydrogen-bond donors (Lipinski definition) is 2. The molecule has 2 fully saturated rings. The van der Waals surface area contributed by atoms with Crippen LogP contribution in [0.3, 0.4) is 0 Å². The van der Waals surface area contributed by atoms with Gasteiger partial charge in [0, 0.05) is 38.6 Å². The second-order valence-electron chi connectivity index (χ2n) is 8.34. The lowest BCUT2D eigenvalue weighted by atomic mass is 9.82. The molecular weight excluding hydrogens is 419 g/mol. The molecule has 31 heavy (non-hydrogen) atoms. The SMILES string of the molecule is CC[C@H]1CN(c2nc(N)c(-c3nnc(C)o3)nc2Cl)CCN1C1CCN(B(C)O)CC1. The van der Waals surface area contributed by atoms with E-state index in [1.54, 1.807) is 6.92 Å². The van der Waals surface area contributed by atoms with Gasteiger partial charge in [0.15, 0.2) is 22.5 Å². The van der Waals surface area contributed by atoms with Gasteiger partial charge in [-0.2, -0.15) is 0 Å². The fourth-order valence-corrected chi connectivity index (χ4v) is 4.91. The topological polar surface area (TPSA) is 121 Å². The van der Waals surface area contributed by atoms with Crippen molar-refractivity contribution in [3.8, 4) is 11.6 Å². The number of aryl methyl sites for hydroxylation is 1. The van der Waals surface area contributed by atoms with Crippen LogP contribution in [-0.2, 0) is 0 Å². The summed E-state index contributed by atoms with van der Waals surface area (Å²) in [6, 6.07) is 0.936. The first-order valence-corrected chi connectivity index (χ1v) is 11.3. The van der Waals surface area contributed by atoms with Gasteiger partial charge in [0.2, 0.25) is 5.89 Å². The quantitative estimate of drug-likeness (QED) is 0.651. The van der Waals surface area contributed by atoms with Crippen LogP contribution in [0, 0.1) is 6.92 Å². The minimum Gasteiger partial charge on any atom is -0.437 e. The monoisotopic (exact) mass is 448 g/mol. The van der Waals surface area contributed by atoms with Crippen molar-refractivity contribution in [3.63, 3.8) is 0 Å². The molecule has 10 nitrogen and oxygen atoms in total. The van der Waals surface area contributed by atoms with E-state index in [0.717, 1.165) is 52.0 Å². The molecule has 2 aliphatic rings. The van der Waals surface area contributed by atoms with E-state index < -0.39 is 0 Å². The maximum atomic E-state index is 9.83. The number of piperidine rings is 1. The van der Waals surface area contributed by atoms with Crippen molar-refractivity contribution < 1.29 is 9.44 Å². The third-order valence-electron chi connectivity index (χ3n) is 6.39. The number of piperazine rings is 1. The minimum atomic E-state index is -0.370. The molecular formula is C19H30BClN8O2. The lowest BCUT2D eigenvalue weighted by molar-refractivity contribution is 0.0774. The summed E-state index contributed by atoms with van der Waals surface area (Å²) in [7, 11) is -0.370. The van der Waals surface area contributed by atoms with E-state index in [0.29, 0.717) is 29.5 Å². The van der Waals surface area contributed by atoms with Gasteiger partial charge in [-0.1, -0.05) is 18.5 Å². The molecule has 0 bridgehead atoms. The first-order valence-electron chi connectivity index (χ1n) is 10.9. The molecule has 3 N–H and O–H groups in total. The molecule has 1 atom stereocenters. The van der Waals surface area contributed by atoms with Gasteiger partial charge in [-0.15, -0.1) is 10.2 Å². The number of rotatable bonds is 5. The van der Waals surface area contributed by atoms with Crippen LogP contribution >= 0.6 is 11.6 Å². The van der Waals surface area contributed by atoms with Crippen LogP contribution < -0.4 is 10.6 Å². The van der Waals surface area contributed by atoms with E-state index in [2.05, 4.69) is 41.7 Å². The van der Waals surface area contributed by atoms with Crippen LogP contribution in [-0.4, -0.2) is 86.8 Å². The van der Waals surface area contributed by atoms with Crippen molar-refractivity contribution >= 4 is 30.3 Å². The normalized spacial score (nSPS) is 21.6. The van der Waals surface area contributed by atoms with Crippen LogP contribution in [0.2, 0.25) is 12.0 Å². The molecule has 168 valence electrons. The highest BCUT2D eigenvalue weighted by molar-refractivity contribution is 6.45. The molecule has 2 aromatic rings. The summed E-state index contributed by atoms with van der Waals surface area (Å²) in [5, 5.41) is 17.9. The van der Waals surface area contributed by atoms with E-state index in [9.17, 15) is 5.02 Å². The van der Waals surface area contributed by atoms with Gasteiger partial charge in [0.05, 0.1) is 0 Å². The Labute approximate surface area is 187 Å². The first-order chi connectivity index (χ1) is 14.9. The summed E-state index contributed by atoms with van der Waals surface area (Å²) in [4.78, 5) is 15.9. The Hall–Kier alpha value is -1.95. The second-order valence-corrected chi connectivity index (χ2v) is 8.70. The summed E-state index contributed by atoms with van der Waals surface area (Å²) in [6.45, 7) is 10.2. The van der Waals surface area contributed by atoms with Crippen molar-refractivity contribution in [2.75, 3.05) is 43.4 Å². The Kier molecular flexibility index (Phi) is 6.66. The van der Waals surface area contributed by atoms with E-state index in [1.807, 2.05) is 6.82 Å². The van der Waals surface area contributed by atoms with Gasteiger partial charge in [0.25, 0.3) is 5.89 Å². The van der Waals surface area contributed by atoms with Crippen molar-refractivity contribution in [3.05, 3.63) is 11.0 Å². The summed E-state index contributed by atoms with van der Waals surface area (Å²) in [5.41, 5.74) is 6.47. The summed E-state index contributed by atoms with van der Waals surface area (Å²) in [6.07, 6.45) is 3.19. The minimum absolute atomic E-state index is 0.218. The van der Waals surface area contributed by atoms with E-state index in [1.165, 1.54) is 0 Å². The predicted octanol–water partition coefficient (Wildman–Crippen LogP) is 1.55. The van der Waals surface area contributed by atoms with Gasteiger partial charge in [-0.05, 0) is 39.2 Å². The Morgan fingerprint density at radius 1 is 1.19 bits per heavy atom. The maximum Gasteiger partial charge on any atom is 0.376 e. The molecule has 0 spiro atoms. The lowest BCUT2D eigenvalue weighted by Crippen LogP contribution is -2.59. The van der Waals surface area contributed by atoms with Crippen LogP contribution in [0.1, 0.15) is 32.1 Å². The van der Waals surface area contributed by atoms with E-state index in [-0.39, 0.29) is 23.9 Å². The second kappa shape index (κ2) is 9.27. The highest BCUT2D eigenvalue weighted by Gasteiger charge is 2.35. The predicted molar refractivity (Wildman–Crippen MR) is 121 cm³/mol. The standard InChI is InChI=1S/C19H30BClN8O2/c1-4-13-11-27(9-10-29(13)14-5-7-28(8-6-14)20(3)30)18-16(21)23-15(17(22)24-18)19-26-25-12(2)31-19/h13-14,30H,4-11H2,1-3H3,(H2,22,24)/t13-/m0/s1. The smallest absolute Gasteiger partial charge is 0.376 e. The zero-order valence-electron chi connectivity index (χ0n) is 18.3. The average molecular weight is 449 g/mol. The third kappa shape index (κ3) is 4.64. The van der Waals surface area contributed by atoms with Crippen molar-refractivity contribution in [2.24, 2.45) is 0 Å². The molecule has 0 unspecified atom stereocenters. The molecule has 4 rings (SSSR count). The zero-order valence-corrected chi connectivity index (χ0v) is 19.1. The summed E-state index contributed by atoms with van der Waals surface area (Å²) < 4.78 is 5.43. The van der Waals surface area contributed by atoms with Gasteiger partial charge >= 0.3 is 7.05 Å². The van der Waals surface area contributed by atoms with Crippen molar-refractivity contribution in [1.82, 2.24) is 29.9 Å². The number of nitrogens with two attached hydrogens (primary N) is 1. The highest BCUT2D eigenvalue weighted by atomic mass is 35.5. The Balaban J connectivity index is 1.47. The van der Waals surface area contributed by atoms with Gasteiger partial charge in [-0.3, -0.25) is 4.90 Å². The number of nitrogen functional groups attached to an aromatic ring is 1. The van der Waals surface area contributed by atoms with Crippen LogP contribution in [0.15, 0.2) is 4.42 Å². The van der Waals surface area contributed by atoms with Crippen molar-refractivity contribution in [1.29, 1.82) is 0 Å². The van der Waals surface area contributed by atoms with Crippen LogP contribution in [0.25, 0.3) is 11.6 Å². The summed E-state index contributed by atoms with van der Waals surface area (Å²) >= 11 is 6.51. The Bertz CT molecular complexity index is 905. The number of hydrogen-bond acceptors (Lipinski definition) is 10. The summed E-state index contributed by atoms with van der Waals surface area (Å²) in [5.74, 6) is 1.47. The average Bonchev–Trinajstić information content (AvgIpc) is 3.20. The van der Waals surface area contributed by atoms with Gasteiger partial charge in [-0.25, -0.2) is 9.97 Å². The number of anilines is 2. The molecule has 4 heterocycles. The van der Waals surface area contributed by atoms with Gasteiger partial charge in [0.1, 0.15) is 0 Å². The molecule has 12 heteroatoms. The van der Waals surface area contributed by atoms with E-state index in [4.69, 9.17) is 21.8 Å². The molecule has 2 aliphatic heterocycles. The highest BCUT2D eigenvalue weighted by Crippen LogP contribution is 2.32. The van der Waals surface area contributed by atoms with Crippen LogP contribution in [0.5, 0.6) is 0 Å². The fraction of sp³-hybridized carbons (Fsp3) is 0.684. The molecule has 0 radical (unpaired) electrons. The molecule has 0 aliphatic carbocycles. The number of halogens is 1. The largest absolute Gasteiger partial charge is 0.437 e. The van der Waals surface area contributed by atoms with E-state index >= 15 is 0 Å². The van der Waals surface area contributed by atoms with Gasteiger partial charge < -0.3 is 24.9 Å². The Morgan fingerprint density at radius 3 is 2.55 bits per heavy atom. The maximum absolute atomic E-state index is 9.83. The zero-order chi connectivity index (χ0) is 22.1. The Morgan fingerprint density at radius 2 is 1.94 bits per heavy atom. The molecule has 0 saturated carbocycles. The van der Waals surface area contributed by atoms with Crippen molar-refractivity contribution in [2.45, 2.75) is 52.0 Å². The lowest BCUT2D eigenvalue weighted by Gasteiger charge is -2.48. The molecule has 2 saturated heterocycles. The molecule has 2 aromatic heterocycles. The first kappa shape index (κ1) is 22.3.